The lowest BCUT2D eigenvalue weighted by Crippen LogP contribution is -2.80. The van der Waals surface area contributed by atoms with Crippen LogP contribution < -0.4 is 9.47 Å². The van der Waals surface area contributed by atoms with Crippen molar-refractivity contribution in [3.05, 3.63) is 80.9 Å². The third-order valence-electron chi connectivity index (χ3n) is 15.3. The van der Waals surface area contributed by atoms with E-state index in [1.807, 2.05) is 0 Å². The van der Waals surface area contributed by atoms with Gasteiger partial charge >= 0.3 is 29.2 Å². The van der Waals surface area contributed by atoms with E-state index in [0.717, 1.165) is 89.3 Å². The molecule has 402 valence electrons. The Kier molecular flexibility index (Phi) is 17.1. The molecule has 6 aliphatic rings. The Labute approximate surface area is 440 Å². The van der Waals surface area contributed by atoms with Gasteiger partial charge in [0.05, 0.1) is 0 Å². The smallest absolute Gasteiger partial charge is 0.346 e. The average Bonchev–Trinajstić information content (AvgIpc) is 3.16. The van der Waals surface area contributed by atoms with Crippen LogP contribution in [0.15, 0.2) is 36.4 Å². The highest BCUT2D eigenvalue weighted by molar-refractivity contribution is 7.45. The van der Waals surface area contributed by atoms with E-state index in [-0.39, 0.29) is 21.7 Å². The lowest BCUT2D eigenvalue weighted by molar-refractivity contribution is -0.531. The maximum Gasteiger partial charge on any atom is 0.346 e. The van der Waals surface area contributed by atoms with E-state index in [1.54, 1.807) is 0 Å². The molecule has 0 saturated carbocycles. The number of para-hydroxylation sites is 2. The van der Waals surface area contributed by atoms with Crippen molar-refractivity contribution < 1.29 is 36.6 Å². The maximum atomic E-state index is 8.13. The van der Waals surface area contributed by atoms with Crippen LogP contribution in [0.2, 0.25) is 0 Å². The maximum absolute atomic E-state index is 8.13. The Morgan fingerprint density at radius 1 is 0.389 bits per heavy atom. The fraction of sp³-hybridized carbons (Fsp3) is 0.710. The summed E-state index contributed by atoms with van der Waals surface area (Å²) in [7, 11) is -2.98. The highest BCUT2D eigenvalue weighted by atomic mass is 31.2. The predicted molar refractivity (Wildman–Crippen MR) is 299 cm³/mol. The molecule has 6 heterocycles. The van der Waals surface area contributed by atoms with Crippen LogP contribution in [0.4, 0.5) is 0 Å². The first-order valence-corrected chi connectivity index (χ1v) is 30.1. The van der Waals surface area contributed by atoms with Gasteiger partial charge in [-0.15, -0.1) is 0 Å². The van der Waals surface area contributed by atoms with Gasteiger partial charge in [-0.2, -0.15) is 0 Å². The third kappa shape index (κ3) is 11.6. The van der Waals surface area contributed by atoms with Crippen LogP contribution >= 0.6 is 17.2 Å². The monoisotopic (exact) mass is 1030 g/mol. The average molecular weight is 1030 g/mol. The molecule has 0 aromatic heterocycles. The third-order valence-corrected chi connectivity index (χ3v) is 17.7. The Hall–Kier alpha value is -2.12. The van der Waals surface area contributed by atoms with Crippen LogP contribution in [-0.2, 0) is 72.5 Å². The lowest BCUT2D eigenvalue weighted by atomic mass is 9.69. The molecule has 3 aromatic carbocycles. The number of ether oxygens (including phenoxy) is 2. The van der Waals surface area contributed by atoms with E-state index in [0.29, 0.717) is 18.3 Å². The molecule has 6 aliphatic heterocycles. The molecule has 0 atom stereocenters. The molecule has 0 unspecified atom stereocenters. The topological polar surface area (TPSA) is 73.8 Å². The molecule has 0 N–H and O–H groups in total. The Balaban J connectivity index is 1.60. The minimum absolute atomic E-state index is 0.222. The highest BCUT2D eigenvalue weighted by Gasteiger charge is 2.90. The first kappa shape index (κ1) is 57.6. The molecule has 0 spiro atoms. The molecule has 6 fully saturated rings. The SMILES string of the molecule is CC(C)CCCCCCCc1c(Oc2c(C(C)(C)C)cccc2C(C)(C)C)c(C(C)(C23OP(O2)O3)C23OP(O2)O3)c(CCCCCCCC(C)C)c(Oc2c(C(C)(C)C)cccc2C(C)(C)C)c1C(C)(C)C. The van der Waals surface area contributed by atoms with Gasteiger partial charge in [0.25, 0.3) is 0 Å². The number of unbranched alkanes of at least 4 members (excludes halogenated alkanes) is 8. The first-order valence-electron chi connectivity index (χ1n) is 28.0. The zero-order chi connectivity index (χ0) is 53.0. The zero-order valence-corrected chi connectivity index (χ0v) is 50.5. The van der Waals surface area contributed by atoms with E-state index in [4.69, 9.17) is 36.6 Å². The van der Waals surface area contributed by atoms with E-state index in [2.05, 4.69) is 175 Å². The summed E-state index contributed by atoms with van der Waals surface area (Å²) in [6.45, 7) is 46.0. The molecule has 10 heteroatoms. The number of rotatable bonds is 23. The van der Waals surface area contributed by atoms with Crippen LogP contribution in [-0.4, -0.2) is 11.9 Å². The largest absolute Gasteiger partial charge is 0.456 e. The Morgan fingerprint density at radius 3 is 0.958 bits per heavy atom. The molecule has 9 rings (SSSR count). The van der Waals surface area contributed by atoms with Gasteiger partial charge in [-0.1, -0.05) is 232 Å². The molecule has 8 nitrogen and oxygen atoms in total. The van der Waals surface area contributed by atoms with Gasteiger partial charge in [-0.05, 0) is 71.5 Å². The molecule has 0 amide bonds. The van der Waals surface area contributed by atoms with Gasteiger partial charge in [-0.25, -0.2) is 0 Å². The van der Waals surface area contributed by atoms with Crippen molar-refractivity contribution in [3.63, 3.8) is 0 Å². The van der Waals surface area contributed by atoms with Crippen LogP contribution in [0.1, 0.15) is 260 Å². The van der Waals surface area contributed by atoms with Crippen molar-refractivity contribution in [3.8, 4) is 23.0 Å². The minimum atomic E-state index is -1.53. The summed E-state index contributed by atoms with van der Waals surface area (Å²) in [5, 5.41) is 0. The van der Waals surface area contributed by atoms with Crippen molar-refractivity contribution in [2.24, 2.45) is 11.8 Å². The normalized spacial score (nSPS) is 22.8. The zero-order valence-electron chi connectivity index (χ0n) is 48.7. The van der Waals surface area contributed by atoms with Crippen LogP contribution in [0.25, 0.3) is 0 Å². The summed E-state index contributed by atoms with van der Waals surface area (Å²) in [6.07, 6.45) is 15.3. The van der Waals surface area contributed by atoms with E-state index in [1.165, 1.54) is 61.6 Å². The molecule has 4 bridgehead atoms. The summed E-state index contributed by atoms with van der Waals surface area (Å²) in [5.41, 5.74) is 6.14. The highest BCUT2D eigenvalue weighted by Crippen LogP contribution is 2.87. The van der Waals surface area contributed by atoms with Crippen LogP contribution in [0.3, 0.4) is 0 Å². The molecule has 0 radical (unpaired) electrons. The van der Waals surface area contributed by atoms with Crippen LogP contribution in [0, 0.1) is 11.8 Å². The second kappa shape index (κ2) is 21.4. The van der Waals surface area contributed by atoms with Gasteiger partial charge in [0.2, 0.25) is 0 Å². The minimum Gasteiger partial charge on any atom is -0.456 e. The van der Waals surface area contributed by atoms with Crippen molar-refractivity contribution in [1.29, 1.82) is 0 Å². The standard InChI is InChI=1S/C62H96O8P2/c1-41(2)33-27-23-21-25-29-35-43-49(59(17,18)19)51(63-53-45(55(5,6)7)37-31-38-46(53)56(8,9)10)44(36-30-26-22-24-28-34-42(3)4)50(60(20,61-65-71(66-61)67-61)62-68-72(69-62)70-62)52(43)64-54-47(57(11,12)13)39-32-40-48(54)58(14,15)16/h31-32,37-42H,21-30,33-36H2,1-20H3. The summed E-state index contributed by atoms with van der Waals surface area (Å²) in [4.78, 5) is 0. The molecule has 72 heavy (non-hydrogen) atoms. The molecular formula is C62H96O8P2. The summed E-state index contributed by atoms with van der Waals surface area (Å²) >= 11 is 0. The van der Waals surface area contributed by atoms with Gasteiger partial charge in [0, 0.05) is 44.5 Å². The van der Waals surface area contributed by atoms with E-state index in [9.17, 15) is 0 Å². The fourth-order valence-corrected chi connectivity index (χ4v) is 13.5. The molecule has 0 aliphatic carbocycles. The van der Waals surface area contributed by atoms with Crippen molar-refractivity contribution >= 4 is 17.2 Å². The number of benzene rings is 3. The Morgan fingerprint density at radius 2 is 0.681 bits per heavy atom. The fourth-order valence-electron chi connectivity index (χ4n) is 11.1. The van der Waals surface area contributed by atoms with Gasteiger partial charge in [0.15, 0.2) is 5.41 Å². The Bertz CT molecular complexity index is 2240. The lowest BCUT2D eigenvalue weighted by Gasteiger charge is -2.71. The predicted octanol–water partition coefficient (Wildman–Crippen LogP) is 20.0. The summed E-state index contributed by atoms with van der Waals surface area (Å²) in [5.74, 6) is 1.80. The van der Waals surface area contributed by atoms with Crippen molar-refractivity contribution in [1.82, 2.24) is 0 Å². The molecule has 6 saturated heterocycles. The molecular weight excluding hydrogens is 935 g/mol. The molecule has 3 aromatic rings. The van der Waals surface area contributed by atoms with E-state index < -0.39 is 40.0 Å². The number of hydrogen-bond donors (Lipinski definition) is 0. The quantitative estimate of drug-likeness (QED) is 0.0687. The number of hydrogen-bond acceptors (Lipinski definition) is 8. The second-order valence-electron chi connectivity index (χ2n) is 27.8. The van der Waals surface area contributed by atoms with Gasteiger partial charge in [-0.3, -0.25) is 27.1 Å². The van der Waals surface area contributed by atoms with E-state index >= 15 is 0 Å². The first-order chi connectivity index (χ1) is 33.3. The summed E-state index contributed by atoms with van der Waals surface area (Å²) < 4.78 is 56.1. The van der Waals surface area contributed by atoms with Gasteiger partial charge in [0.1, 0.15) is 23.0 Å². The van der Waals surface area contributed by atoms with Crippen molar-refractivity contribution in [2.45, 2.75) is 273 Å². The second-order valence-corrected chi connectivity index (χ2v) is 29.8. The van der Waals surface area contributed by atoms with Crippen molar-refractivity contribution in [2.75, 3.05) is 0 Å². The summed E-state index contributed by atoms with van der Waals surface area (Å²) in [6, 6.07) is 13.4. The van der Waals surface area contributed by atoms with Crippen LogP contribution in [0.5, 0.6) is 23.0 Å². The van der Waals surface area contributed by atoms with Gasteiger partial charge < -0.3 is 9.47 Å².